The summed E-state index contributed by atoms with van der Waals surface area (Å²) < 4.78 is 0. The van der Waals surface area contributed by atoms with Crippen molar-refractivity contribution in [1.82, 2.24) is 0 Å². The van der Waals surface area contributed by atoms with Gasteiger partial charge in [-0.1, -0.05) is 0 Å². The van der Waals surface area contributed by atoms with Crippen molar-refractivity contribution in [3.63, 3.8) is 0 Å². The molecule has 0 aromatic heterocycles. The quantitative estimate of drug-likeness (QED) is 0.786. The zero-order valence-electron chi connectivity index (χ0n) is 11.2. The Morgan fingerprint density at radius 2 is 2.06 bits per heavy atom. The van der Waals surface area contributed by atoms with E-state index in [4.69, 9.17) is 5.73 Å². The highest BCUT2D eigenvalue weighted by Gasteiger charge is 2.37. The fraction of sp³-hybridized carbons (Fsp3) is 0.533. The van der Waals surface area contributed by atoms with Crippen LogP contribution in [0.3, 0.4) is 0 Å². The number of aliphatic imine (C=N–C) groups is 1. The molecular weight excluding hydrogens is 224 g/mol. The Morgan fingerprint density at radius 1 is 1.39 bits per heavy atom. The zero-order valence-corrected chi connectivity index (χ0v) is 11.2. The van der Waals surface area contributed by atoms with Crippen molar-refractivity contribution in [3.05, 3.63) is 22.8 Å². The van der Waals surface area contributed by atoms with Crippen molar-refractivity contribution in [1.29, 1.82) is 0 Å². The fourth-order valence-electron chi connectivity index (χ4n) is 3.23. The van der Waals surface area contributed by atoms with Crippen LogP contribution in [0.25, 0.3) is 0 Å². The van der Waals surface area contributed by atoms with E-state index in [0.29, 0.717) is 11.6 Å². The van der Waals surface area contributed by atoms with Gasteiger partial charge in [0.25, 0.3) is 0 Å². The molecule has 3 rings (SSSR count). The van der Waals surface area contributed by atoms with Crippen molar-refractivity contribution in [2.45, 2.75) is 45.1 Å². The highest BCUT2D eigenvalue weighted by atomic mass is 16.3. The molecule has 0 saturated heterocycles. The van der Waals surface area contributed by atoms with Crippen LogP contribution in [-0.2, 0) is 5.60 Å². The van der Waals surface area contributed by atoms with Crippen molar-refractivity contribution in [3.8, 4) is 0 Å². The third-order valence-corrected chi connectivity index (χ3v) is 4.09. The Labute approximate surface area is 108 Å². The van der Waals surface area contributed by atoms with Crippen LogP contribution in [0.1, 0.15) is 49.3 Å². The third kappa shape index (κ3) is 1.65. The molecule has 1 aliphatic carbocycles. The average Bonchev–Trinajstić information content (AvgIpc) is 2.97. The van der Waals surface area contributed by atoms with E-state index in [1.165, 1.54) is 18.4 Å². The molecule has 1 fully saturated rings. The smallest absolute Gasteiger partial charge is 0.0863 e. The molecule has 2 aliphatic rings. The largest absolute Gasteiger partial charge is 0.398 e. The van der Waals surface area contributed by atoms with E-state index in [2.05, 4.69) is 18.1 Å². The number of anilines is 1. The maximum atomic E-state index is 10.3. The molecule has 18 heavy (non-hydrogen) atoms. The van der Waals surface area contributed by atoms with Crippen LogP contribution in [0.2, 0.25) is 0 Å². The standard InChI is InChI=1S/C15H20N2O/c1-8-13-10(9-4-5-9)7-17-12(13)6-11(16)14(8)15(2,3)18/h6-7,9-10,18H,4-5,16H2,1-3H3. The van der Waals surface area contributed by atoms with Crippen LogP contribution in [-0.4, -0.2) is 11.3 Å². The van der Waals surface area contributed by atoms with E-state index in [9.17, 15) is 5.11 Å². The average molecular weight is 244 g/mol. The van der Waals surface area contributed by atoms with Crippen LogP contribution < -0.4 is 5.73 Å². The first-order valence-corrected chi connectivity index (χ1v) is 6.59. The highest BCUT2D eigenvalue weighted by molar-refractivity contribution is 5.85. The van der Waals surface area contributed by atoms with Crippen LogP contribution in [0.4, 0.5) is 11.4 Å². The maximum Gasteiger partial charge on any atom is 0.0863 e. The van der Waals surface area contributed by atoms with E-state index in [1.807, 2.05) is 6.07 Å². The number of aliphatic hydroxyl groups is 1. The van der Waals surface area contributed by atoms with Crippen LogP contribution in [0.15, 0.2) is 11.1 Å². The Morgan fingerprint density at radius 3 is 2.61 bits per heavy atom. The Kier molecular flexibility index (Phi) is 2.33. The summed E-state index contributed by atoms with van der Waals surface area (Å²) in [4.78, 5) is 4.50. The van der Waals surface area contributed by atoms with Gasteiger partial charge in [0.05, 0.1) is 11.3 Å². The molecule has 3 heteroatoms. The highest BCUT2D eigenvalue weighted by Crippen LogP contribution is 2.50. The lowest BCUT2D eigenvalue weighted by atomic mass is 9.84. The maximum absolute atomic E-state index is 10.3. The molecular formula is C15H20N2O. The van der Waals surface area contributed by atoms with Crippen LogP contribution >= 0.6 is 0 Å². The molecule has 0 bridgehead atoms. The van der Waals surface area contributed by atoms with Gasteiger partial charge in [-0.2, -0.15) is 0 Å². The third-order valence-electron chi connectivity index (χ3n) is 4.09. The summed E-state index contributed by atoms with van der Waals surface area (Å²) in [6.45, 7) is 5.65. The van der Waals surface area contributed by atoms with Gasteiger partial charge in [-0.05, 0) is 56.7 Å². The van der Waals surface area contributed by atoms with Crippen molar-refractivity contribution in [2.75, 3.05) is 5.73 Å². The summed E-state index contributed by atoms with van der Waals surface area (Å²) in [6, 6.07) is 1.91. The summed E-state index contributed by atoms with van der Waals surface area (Å²) in [5.41, 5.74) is 10.1. The summed E-state index contributed by atoms with van der Waals surface area (Å²) in [5.74, 6) is 1.17. The van der Waals surface area contributed by atoms with E-state index in [1.54, 1.807) is 13.8 Å². The molecule has 0 spiro atoms. The Hall–Kier alpha value is -1.35. The van der Waals surface area contributed by atoms with Gasteiger partial charge in [-0.3, -0.25) is 4.99 Å². The molecule has 0 amide bonds. The number of fused-ring (bicyclic) bond motifs is 1. The molecule has 0 radical (unpaired) electrons. The molecule has 1 unspecified atom stereocenters. The molecule has 1 saturated carbocycles. The minimum atomic E-state index is -0.903. The molecule has 1 aromatic carbocycles. The van der Waals surface area contributed by atoms with Gasteiger partial charge in [-0.25, -0.2) is 0 Å². The second-order valence-electron chi connectivity index (χ2n) is 6.10. The van der Waals surface area contributed by atoms with Gasteiger partial charge in [0.1, 0.15) is 0 Å². The van der Waals surface area contributed by atoms with E-state index < -0.39 is 5.60 Å². The lowest BCUT2D eigenvalue weighted by Crippen LogP contribution is -2.20. The van der Waals surface area contributed by atoms with Crippen molar-refractivity contribution >= 4 is 17.6 Å². The number of hydrogen-bond donors (Lipinski definition) is 2. The summed E-state index contributed by atoms with van der Waals surface area (Å²) in [5, 5.41) is 10.3. The van der Waals surface area contributed by atoms with Crippen molar-refractivity contribution in [2.24, 2.45) is 10.9 Å². The van der Waals surface area contributed by atoms with Gasteiger partial charge in [-0.15, -0.1) is 0 Å². The van der Waals surface area contributed by atoms with Gasteiger partial charge in [0.15, 0.2) is 0 Å². The number of hydrogen-bond acceptors (Lipinski definition) is 3. The summed E-state index contributed by atoms with van der Waals surface area (Å²) >= 11 is 0. The first kappa shape index (κ1) is 11.7. The molecule has 96 valence electrons. The Bertz CT molecular complexity index is 536. The summed E-state index contributed by atoms with van der Waals surface area (Å²) in [7, 11) is 0. The molecule has 1 aromatic rings. The molecule has 1 heterocycles. The monoisotopic (exact) mass is 244 g/mol. The first-order chi connectivity index (χ1) is 8.39. The van der Waals surface area contributed by atoms with Gasteiger partial charge in [0, 0.05) is 23.4 Å². The molecule has 3 nitrogen and oxygen atoms in total. The second-order valence-corrected chi connectivity index (χ2v) is 6.10. The number of nitrogens with zero attached hydrogens (tertiary/aromatic N) is 1. The fourth-order valence-corrected chi connectivity index (χ4v) is 3.23. The number of rotatable bonds is 2. The predicted molar refractivity (Wildman–Crippen MR) is 74.5 cm³/mol. The molecule has 1 atom stereocenters. The first-order valence-electron chi connectivity index (χ1n) is 6.59. The van der Waals surface area contributed by atoms with Gasteiger partial charge >= 0.3 is 0 Å². The SMILES string of the molecule is Cc1c2c(cc(N)c1C(C)(C)O)N=CC2C1CC1. The molecule has 1 aliphatic heterocycles. The second kappa shape index (κ2) is 3.58. The normalized spacial score (nSPS) is 22.3. The molecule has 3 N–H and O–H groups in total. The lowest BCUT2D eigenvalue weighted by molar-refractivity contribution is 0.0786. The minimum absolute atomic E-state index is 0.432. The Balaban J connectivity index is 2.18. The number of nitrogens with two attached hydrogens (primary N) is 1. The topological polar surface area (TPSA) is 58.6 Å². The van der Waals surface area contributed by atoms with Crippen molar-refractivity contribution < 1.29 is 5.11 Å². The van der Waals surface area contributed by atoms with E-state index in [-0.39, 0.29) is 0 Å². The van der Waals surface area contributed by atoms with E-state index >= 15 is 0 Å². The van der Waals surface area contributed by atoms with Crippen LogP contribution in [0, 0.1) is 12.8 Å². The van der Waals surface area contributed by atoms with Crippen LogP contribution in [0.5, 0.6) is 0 Å². The number of benzene rings is 1. The minimum Gasteiger partial charge on any atom is -0.398 e. The zero-order chi connectivity index (χ0) is 13.1. The van der Waals surface area contributed by atoms with Gasteiger partial charge in [0.2, 0.25) is 0 Å². The summed E-state index contributed by atoms with van der Waals surface area (Å²) in [6.07, 6.45) is 4.64. The lowest BCUT2D eigenvalue weighted by Gasteiger charge is -2.25. The number of nitrogen functional groups attached to an aromatic ring is 1. The van der Waals surface area contributed by atoms with Gasteiger partial charge < -0.3 is 10.8 Å². The van der Waals surface area contributed by atoms with E-state index in [0.717, 1.165) is 22.7 Å². The predicted octanol–water partition coefficient (Wildman–Crippen LogP) is 3.01.